The van der Waals surface area contributed by atoms with Crippen molar-refractivity contribution in [3.63, 3.8) is 0 Å². The average molecular weight is 903 g/mol. The van der Waals surface area contributed by atoms with Crippen molar-refractivity contribution in [2.45, 2.75) is 175 Å². The van der Waals surface area contributed by atoms with Crippen molar-refractivity contribution in [2.75, 3.05) is 32.8 Å². The fourth-order valence-corrected chi connectivity index (χ4v) is 12.6. The summed E-state index contributed by atoms with van der Waals surface area (Å²) < 4.78 is 18.0. The van der Waals surface area contributed by atoms with E-state index in [-0.39, 0.29) is 32.7 Å². The van der Waals surface area contributed by atoms with Gasteiger partial charge in [-0.2, -0.15) is 0 Å². The van der Waals surface area contributed by atoms with Gasteiger partial charge in [-0.25, -0.2) is 0 Å². The van der Waals surface area contributed by atoms with Crippen LogP contribution in [0.1, 0.15) is 161 Å². The third kappa shape index (κ3) is 12.5. The molecule has 2 heterocycles. The number of likely N-dealkylation sites (tertiary alicyclic amines) is 2. The lowest BCUT2D eigenvalue weighted by Gasteiger charge is -2.37. The zero-order valence-corrected chi connectivity index (χ0v) is 38.7. The van der Waals surface area contributed by atoms with Gasteiger partial charge in [0.1, 0.15) is 11.5 Å². The van der Waals surface area contributed by atoms with Crippen LogP contribution in [0.15, 0.2) is 72.8 Å². The minimum Gasteiger partial charge on any atom is -0.490 e. The molecule has 8 nitrogen and oxygen atoms in total. The first-order valence-electron chi connectivity index (χ1n) is 25.4. The monoisotopic (exact) mass is 903 g/mol. The first kappa shape index (κ1) is 49.8. The molecule has 0 amide bonds. The maximum Gasteiger partial charge on any atom is 0.309 e. The largest absolute Gasteiger partial charge is 0.490 e. The number of hydrogen-bond donors (Lipinski definition) is 1. The van der Waals surface area contributed by atoms with Gasteiger partial charge in [-0.05, 0) is 216 Å². The normalized spacial score (nSPS) is 22.6. The fourth-order valence-electron chi connectivity index (χ4n) is 12.6. The molecule has 0 radical (unpaired) electrons. The van der Waals surface area contributed by atoms with Crippen molar-refractivity contribution in [1.29, 1.82) is 0 Å². The standard InChI is InChI=1S/C29H39NO3.C27H35NO3.2CH4/c1-2-32-28(31)23-11-17-30(18-12-23)21-22-5-6-25-20-27(8-7-24(25)19-22)33-26-9-15-29(16-10-26)13-3-4-14-29;29-26(30)21-9-15-28(16-10-21)19-20-3-4-23-18-25(6-5-22(23)17-20)31-24-7-13-27(14-8-24)11-1-2-12-27;;/h5-8,19-20,23,26H,2-4,9-18,21H2,1H3;3-6,17-18,21,24H,1-2,7-16,19H2,(H,29,30);2*1H4. The van der Waals surface area contributed by atoms with E-state index < -0.39 is 5.97 Å². The van der Waals surface area contributed by atoms with Gasteiger partial charge in [0.15, 0.2) is 0 Å². The minimum absolute atomic E-state index is 0. The molecule has 360 valence electrons. The van der Waals surface area contributed by atoms with E-state index in [2.05, 4.69) is 82.6 Å². The number of carboxylic acids is 1. The van der Waals surface area contributed by atoms with E-state index >= 15 is 0 Å². The number of fused-ring (bicyclic) bond motifs is 2. The summed E-state index contributed by atoms with van der Waals surface area (Å²) in [6, 6.07) is 26.5. The number of ether oxygens (including phenoxy) is 3. The molecule has 6 fully saturated rings. The molecule has 0 aromatic heterocycles. The predicted molar refractivity (Wildman–Crippen MR) is 269 cm³/mol. The van der Waals surface area contributed by atoms with Crippen LogP contribution in [0.5, 0.6) is 11.5 Å². The number of rotatable bonds is 11. The zero-order chi connectivity index (χ0) is 43.9. The number of carbonyl (C=O) groups excluding carboxylic acids is 1. The van der Waals surface area contributed by atoms with Gasteiger partial charge < -0.3 is 19.3 Å². The third-order valence-electron chi connectivity index (χ3n) is 16.6. The van der Waals surface area contributed by atoms with Crippen LogP contribution in [0.3, 0.4) is 0 Å². The number of carboxylic acid groups (broad SMARTS) is 1. The van der Waals surface area contributed by atoms with Gasteiger partial charge in [0.05, 0.1) is 30.7 Å². The Morgan fingerprint density at radius 1 is 0.530 bits per heavy atom. The van der Waals surface area contributed by atoms with Crippen molar-refractivity contribution in [1.82, 2.24) is 9.80 Å². The molecule has 0 unspecified atom stereocenters. The molecular weight excluding hydrogens is 821 g/mol. The molecule has 66 heavy (non-hydrogen) atoms. The van der Waals surface area contributed by atoms with E-state index in [9.17, 15) is 14.7 Å². The maximum atomic E-state index is 12.0. The van der Waals surface area contributed by atoms with E-state index in [1.807, 2.05) is 6.92 Å². The van der Waals surface area contributed by atoms with E-state index in [0.717, 1.165) is 76.5 Å². The Hall–Kier alpha value is -4.14. The SMILES string of the molecule is C.C.CCOC(=O)C1CCN(Cc2ccc3cc(OC4CCC5(CCCC5)CC4)ccc3c2)CC1.O=C(O)C1CCN(Cc2ccc3cc(OC4CCC5(CCCC5)CC4)ccc3c2)CC1. The van der Waals surface area contributed by atoms with Crippen LogP contribution >= 0.6 is 0 Å². The Labute approximate surface area is 397 Å². The summed E-state index contributed by atoms with van der Waals surface area (Å²) in [5, 5.41) is 14.2. The molecule has 2 spiro atoms. The molecule has 4 saturated carbocycles. The summed E-state index contributed by atoms with van der Waals surface area (Å²) in [7, 11) is 0. The maximum absolute atomic E-state index is 12.0. The number of carbonyl (C=O) groups is 2. The lowest BCUT2D eigenvalue weighted by molar-refractivity contribution is -0.149. The molecule has 0 bridgehead atoms. The number of aliphatic carboxylic acids is 1. The molecule has 8 heteroatoms. The highest BCUT2D eigenvalue weighted by Crippen LogP contribution is 2.50. The number of nitrogens with zero attached hydrogens (tertiary/aromatic N) is 2. The summed E-state index contributed by atoms with van der Waals surface area (Å²) in [6.07, 6.45) is 25.8. The van der Waals surface area contributed by atoms with Crippen LogP contribution in [0, 0.1) is 22.7 Å². The molecular formula is C58H82N2O6. The first-order chi connectivity index (χ1) is 31.2. The summed E-state index contributed by atoms with van der Waals surface area (Å²) in [4.78, 5) is 27.9. The lowest BCUT2D eigenvalue weighted by Crippen LogP contribution is -2.36. The molecule has 0 atom stereocenters. The van der Waals surface area contributed by atoms with Crippen LogP contribution in [0.4, 0.5) is 0 Å². The molecule has 6 aliphatic rings. The Morgan fingerprint density at radius 2 is 0.909 bits per heavy atom. The van der Waals surface area contributed by atoms with Crippen molar-refractivity contribution in [3.05, 3.63) is 83.9 Å². The molecule has 4 aromatic rings. The Bertz CT molecular complexity index is 2170. The minimum atomic E-state index is -0.644. The molecule has 1 N–H and O–H groups in total. The van der Waals surface area contributed by atoms with Crippen LogP contribution in [-0.2, 0) is 27.4 Å². The van der Waals surface area contributed by atoms with Crippen LogP contribution in [-0.4, -0.2) is 71.8 Å². The smallest absolute Gasteiger partial charge is 0.309 e. The molecule has 2 aliphatic heterocycles. The van der Waals surface area contributed by atoms with E-state index in [1.54, 1.807) is 0 Å². The fraction of sp³-hybridized carbons (Fsp3) is 0.621. The van der Waals surface area contributed by atoms with Crippen molar-refractivity contribution < 1.29 is 28.9 Å². The average Bonchev–Trinajstić information content (AvgIpc) is 3.98. The van der Waals surface area contributed by atoms with Crippen molar-refractivity contribution >= 4 is 33.5 Å². The molecule has 2 saturated heterocycles. The highest BCUT2D eigenvalue weighted by atomic mass is 16.5. The van der Waals surface area contributed by atoms with Gasteiger partial charge in [0.25, 0.3) is 0 Å². The summed E-state index contributed by atoms with van der Waals surface area (Å²) in [5.74, 6) is 1.26. The molecule has 10 rings (SSSR count). The second-order valence-corrected chi connectivity index (χ2v) is 20.9. The van der Waals surface area contributed by atoms with Crippen LogP contribution in [0.25, 0.3) is 21.5 Å². The Morgan fingerprint density at radius 3 is 1.30 bits per heavy atom. The summed E-state index contributed by atoms with van der Waals surface area (Å²) in [5.41, 5.74) is 3.94. The Kier molecular flexibility index (Phi) is 17.2. The highest BCUT2D eigenvalue weighted by molar-refractivity contribution is 5.85. The third-order valence-corrected chi connectivity index (χ3v) is 16.6. The number of hydrogen-bond acceptors (Lipinski definition) is 7. The Balaban J connectivity index is 0.000000191. The lowest BCUT2D eigenvalue weighted by atomic mass is 9.72. The topological polar surface area (TPSA) is 88.5 Å². The van der Waals surface area contributed by atoms with Gasteiger partial charge in [-0.3, -0.25) is 19.4 Å². The van der Waals surface area contributed by atoms with Gasteiger partial charge >= 0.3 is 11.9 Å². The van der Waals surface area contributed by atoms with Crippen molar-refractivity contribution in [3.8, 4) is 11.5 Å². The highest BCUT2D eigenvalue weighted by Gasteiger charge is 2.39. The van der Waals surface area contributed by atoms with Gasteiger partial charge in [0.2, 0.25) is 0 Å². The van der Waals surface area contributed by atoms with Crippen LogP contribution in [0.2, 0.25) is 0 Å². The second kappa shape index (κ2) is 22.8. The van der Waals surface area contributed by atoms with E-state index in [4.69, 9.17) is 14.2 Å². The number of piperidine rings is 2. The van der Waals surface area contributed by atoms with Crippen LogP contribution < -0.4 is 9.47 Å². The van der Waals surface area contributed by atoms with Crippen molar-refractivity contribution in [2.24, 2.45) is 22.7 Å². The number of benzene rings is 4. The quantitative estimate of drug-likeness (QED) is 0.149. The van der Waals surface area contributed by atoms with E-state index in [0.29, 0.717) is 29.6 Å². The second-order valence-electron chi connectivity index (χ2n) is 20.9. The van der Waals surface area contributed by atoms with Gasteiger partial charge in [-0.15, -0.1) is 0 Å². The molecule has 4 aromatic carbocycles. The molecule has 4 aliphatic carbocycles. The van der Waals surface area contributed by atoms with Gasteiger partial charge in [0, 0.05) is 13.1 Å². The predicted octanol–water partition coefficient (Wildman–Crippen LogP) is 13.8. The first-order valence-corrected chi connectivity index (χ1v) is 25.4. The van der Waals surface area contributed by atoms with E-state index in [1.165, 1.54) is 135 Å². The zero-order valence-electron chi connectivity index (χ0n) is 38.7. The number of esters is 1. The van der Waals surface area contributed by atoms with Gasteiger partial charge in [-0.1, -0.05) is 76.9 Å². The summed E-state index contributed by atoms with van der Waals surface area (Å²) in [6.45, 7) is 7.83. The summed E-state index contributed by atoms with van der Waals surface area (Å²) >= 11 is 0.